The normalized spacial score (nSPS) is 28.9. The zero-order chi connectivity index (χ0) is 14.3. The zero-order valence-electron chi connectivity index (χ0n) is 11.6. The van der Waals surface area contributed by atoms with Crippen LogP contribution in [0.15, 0.2) is 4.90 Å². The van der Waals surface area contributed by atoms with E-state index in [1.165, 1.54) is 25.7 Å². The summed E-state index contributed by atoms with van der Waals surface area (Å²) >= 11 is 1.16. The molecule has 20 heavy (non-hydrogen) atoms. The highest BCUT2D eigenvalue weighted by Crippen LogP contribution is 2.48. The standard InChI is InChI=1S/C13H21N3O2S2/c1-2-20(17,18)11-12(14)16-19-13(11)15-7-10-6-8-3-4-9(10)5-8/h8-10,15H,2-7H2,1H3,(H2,14,16). The summed E-state index contributed by atoms with van der Waals surface area (Å²) in [5, 5.41) is 3.92. The second-order valence-corrected chi connectivity index (χ2v) is 8.93. The number of nitrogens with two attached hydrogens (primary N) is 1. The van der Waals surface area contributed by atoms with E-state index in [4.69, 9.17) is 5.73 Å². The Balaban J connectivity index is 1.72. The highest BCUT2D eigenvalue weighted by atomic mass is 32.2. The summed E-state index contributed by atoms with van der Waals surface area (Å²) in [6.07, 6.45) is 5.35. The molecule has 7 heteroatoms. The molecule has 0 spiro atoms. The number of nitrogens with zero attached hydrogens (tertiary/aromatic N) is 1. The van der Waals surface area contributed by atoms with Crippen molar-refractivity contribution in [2.24, 2.45) is 17.8 Å². The van der Waals surface area contributed by atoms with Crippen molar-refractivity contribution in [3.8, 4) is 0 Å². The minimum absolute atomic E-state index is 0.0540. The van der Waals surface area contributed by atoms with Crippen LogP contribution in [0.25, 0.3) is 0 Å². The van der Waals surface area contributed by atoms with Gasteiger partial charge in [0.15, 0.2) is 15.7 Å². The molecule has 3 N–H and O–H groups in total. The number of nitrogen functional groups attached to an aromatic ring is 1. The molecule has 3 unspecified atom stereocenters. The lowest BCUT2D eigenvalue weighted by Gasteiger charge is -2.22. The number of nitrogens with one attached hydrogen (secondary N) is 1. The van der Waals surface area contributed by atoms with E-state index in [1.807, 2.05) is 0 Å². The van der Waals surface area contributed by atoms with Gasteiger partial charge >= 0.3 is 0 Å². The van der Waals surface area contributed by atoms with Crippen LogP contribution >= 0.6 is 11.5 Å². The van der Waals surface area contributed by atoms with Gasteiger partial charge in [0.1, 0.15) is 9.90 Å². The third kappa shape index (κ3) is 2.41. The molecular weight excluding hydrogens is 294 g/mol. The SMILES string of the molecule is CCS(=O)(=O)c1c(N)nsc1NCC1CC2CCC1C2. The lowest BCUT2D eigenvalue weighted by molar-refractivity contribution is 0.348. The minimum atomic E-state index is -3.31. The first-order chi connectivity index (χ1) is 9.51. The number of hydrogen-bond acceptors (Lipinski definition) is 6. The summed E-state index contributed by atoms with van der Waals surface area (Å²) in [6.45, 7) is 2.47. The summed E-state index contributed by atoms with van der Waals surface area (Å²) in [6, 6.07) is 0. The van der Waals surface area contributed by atoms with Crippen LogP contribution in [0.2, 0.25) is 0 Å². The zero-order valence-corrected chi connectivity index (χ0v) is 13.3. The molecule has 2 saturated carbocycles. The molecule has 0 aliphatic heterocycles. The summed E-state index contributed by atoms with van der Waals surface area (Å²) in [5.41, 5.74) is 5.73. The van der Waals surface area contributed by atoms with Gasteiger partial charge < -0.3 is 11.1 Å². The van der Waals surface area contributed by atoms with Crippen molar-refractivity contribution in [1.82, 2.24) is 4.37 Å². The van der Waals surface area contributed by atoms with Crippen molar-refractivity contribution in [3.63, 3.8) is 0 Å². The van der Waals surface area contributed by atoms with E-state index >= 15 is 0 Å². The van der Waals surface area contributed by atoms with Crippen LogP contribution in [0, 0.1) is 17.8 Å². The van der Waals surface area contributed by atoms with Crippen LogP contribution in [-0.4, -0.2) is 25.1 Å². The van der Waals surface area contributed by atoms with Gasteiger partial charge in [-0.25, -0.2) is 8.42 Å². The average molecular weight is 315 g/mol. The predicted molar refractivity (Wildman–Crippen MR) is 81.7 cm³/mol. The van der Waals surface area contributed by atoms with Crippen molar-refractivity contribution in [1.29, 1.82) is 0 Å². The summed E-state index contributed by atoms with van der Waals surface area (Å²) in [7, 11) is -3.31. The molecule has 1 aromatic rings. The van der Waals surface area contributed by atoms with E-state index in [9.17, 15) is 8.42 Å². The quantitative estimate of drug-likeness (QED) is 0.871. The number of hydrogen-bond donors (Lipinski definition) is 2. The van der Waals surface area contributed by atoms with Crippen molar-refractivity contribution in [2.45, 2.75) is 37.5 Å². The maximum atomic E-state index is 12.1. The Kier molecular flexibility index (Phi) is 3.66. The van der Waals surface area contributed by atoms with E-state index in [0.29, 0.717) is 10.9 Å². The first-order valence-electron chi connectivity index (χ1n) is 7.23. The van der Waals surface area contributed by atoms with E-state index in [1.54, 1.807) is 6.92 Å². The highest BCUT2D eigenvalue weighted by Gasteiger charge is 2.39. The number of sulfone groups is 1. The van der Waals surface area contributed by atoms with Crippen LogP contribution in [0.4, 0.5) is 10.8 Å². The molecule has 112 valence electrons. The number of rotatable bonds is 5. The fraction of sp³-hybridized carbons (Fsp3) is 0.769. The molecule has 1 aromatic heterocycles. The van der Waals surface area contributed by atoms with Gasteiger partial charge in [0.2, 0.25) is 0 Å². The molecule has 2 aliphatic rings. The summed E-state index contributed by atoms with van der Waals surface area (Å²) < 4.78 is 28.1. The van der Waals surface area contributed by atoms with Gasteiger partial charge in [-0.05, 0) is 48.5 Å². The number of aromatic nitrogens is 1. The fourth-order valence-electron chi connectivity index (χ4n) is 3.70. The molecule has 3 rings (SSSR count). The molecule has 2 aliphatic carbocycles. The molecule has 0 amide bonds. The Bertz CT molecular complexity index is 597. The largest absolute Gasteiger partial charge is 0.382 e. The van der Waals surface area contributed by atoms with Crippen LogP contribution in [-0.2, 0) is 9.84 Å². The van der Waals surface area contributed by atoms with E-state index in [-0.39, 0.29) is 16.5 Å². The second kappa shape index (κ2) is 5.18. The van der Waals surface area contributed by atoms with Gasteiger partial charge in [0, 0.05) is 6.54 Å². The average Bonchev–Trinajstić information content (AvgIpc) is 3.11. The minimum Gasteiger partial charge on any atom is -0.382 e. The Morgan fingerprint density at radius 1 is 1.40 bits per heavy atom. The fourth-order valence-corrected chi connectivity index (χ4v) is 5.88. The Morgan fingerprint density at radius 2 is 2.20 bits per heavy atom. The molecule has 1 heterocycles. The third-order valence-corrected chi connectivity index (χ3v) is 7.52. The predicted octanol–water partition coefficient (Wildman–Crippen LogP) is 2.37. The summed E-state index contributed by atoms with van der Waals surface area (Å²) in [4.78, 5) is 0.202. The van der Waals surface area contributed by atoms with Gasteiger partial charge in [-0.15, -0.1) is 0 Å². The van der Waals surface area contributed by atoms with E-state index in [2.05, 4.69) is 9.69 Å². The van der Waals surface area contributed by atoms with Gasteiger partial charge in [0.25, 0.3) is 0 Å². The number of anilines is 2. The molecule has 3 atom stereocenters. The first kappa shape index (κ1) is 14.1. The lowest BCUT2D eigenvalue weighted by Crippen LogP contribution is -2.20. The maximum absolute atomic E-state index is 12.1. The summed E-state index contributed by atoms with van der Waals surface area (Å²) in [5.74, 6) is 2.58. The van der Waals surface area contributed by atoms with Crippen LogP contribution in [0.1, 0.15) is 32.6 Å². The van der Waals surface area contributed by atoms with Gasteiger partial charge in [-0.3, -0.25) is 0 Å². The third-order valence-electron chi connectivity index (χ3n) is 4.77. The Morgan fingerprint density at radius 3 is 2.80 bits per heavy atom. The van der Waals surface area contributed by atoms with Crippen LogP contribution in [0.5, 0.6) is 0 Å². The lowest BCUT2D eigenvalue weighted by atomic mass is 9.89. The maximum Gasteiger partial charge on any atom is 0.184 e. The molecule has 0 aromatic carbocycles. The van der Waals surface area contributed by atoms with Gasteiger partial charge in [-0.2, -0.15) is 4.37 Å². The van der Waals surface area contributed by atoms with Crippen LogP contribution < -0.4 is 11.1 Å². The van der Waals surface area contributed by atoms with Crippen molar-refractivity contribution >= 4 is 32.2 Å². The molecule has 2 bridgehead atoms. The monoisotopic (exact) mass is 315 g/mol. The van der Waals surface area contributed by atoms with Gasteiger partial charge in [0.05, 0.1) is 5.75 Å². The van der Waals surface area contributed by atoms with Crippen LogP contribution in [0.3, 0.4) is 0 Å². The Hall–Kier alpha value is -0.820. The highest BCUT2D eigenvalue weighted by molar-refractivity contribution is 7.91. The molecule has 0 saturated heterocycles. The Labute approximate surface area is 124 Å². The van der Waals surface area contributed by atoms with Gasteiger partial charge in [-0.1, -0.05) is 13.3 Å². The molecule has 2 fully saturated rings. The van der Waals surface area contributed by atoms with Crippen molar-refractivity contribution in [2.75, 3.05) is 23.3 Å². The molecule has 5 nitrogen and oxygen atoms in total. The second-order valence-electron chi connectivity index (χ2n) is 5.95. The van der Waals surface area contributed by atoms with Crippen molar-refractivity contribution < 1.29 is 8.42 Å². The van der Waals surface area contributed by atoms with E-state index in [0.717, 1.165) is 29.9 Å². The number of fused-ring (bicyclic) bond motifs is 2. The first-order valence-corrected chi connectivity index (χ1v) is 9.65. The topological polar surface area (TPSA) is 85.1 Å². The van der Waals surface area contributed by atoms with Crippen molar-refractivity contribution in [3.05, 3.63) is 0 Å². The smallest absolute Gasteiger partial charge is 0.184 e. The molecule has 0 radical (unpaired) electrons. The molecular formula is C13H21N3O2S2. The van der Waals surface area contributed by atoms with E-state index < -0.39 is 9.84 Å².